The Balaban J connectivity index is 1.26. The van der Waals surface area contributed by atoms with Crippen molar-refractivity contribution in [1.82, 2.24) is 4.90 Å². The van der Waals surface area contributed by atoms with Crippen LogP contribution in [0.25, 0.3) is 0 Å². The van der Waals surface area contributed by atoms with E-state index in [1.807, 2.05) is 17.0 Å². The van der Waals surface area contributed by atoms with Gasteiger partial charge in [-0.05, 0) is 74.7 Å². The first-order valence-corrected chi connectivity index (χ1v) is 11.8. The van der Waals surface area contributed by atoms with Crippen molar-refractivity contribution in [2.45, 2.75) is 50.4 Å². The summed E-state index contributed by atoms with van der Waals surface area (Å²) in [5.41, 5.74) is -0.541. The van der Waals surface area contributed by atoms with E-state index in [1.165, 1.54) is 30.5 Å². The molecule has 2 aromatic carbocycles. The van der Waals surface area contributed by atoms with Crippen LogP contribution in [0.4, 0.5) is 18.9 Å². The molecule has 0 aliphatic carbocycles. The van der Waals surface area contributed by atoms with E-state index in [1.54, 1.807) is 6.07 Å². The lowest BCUT2D eigenvalue weighted by Crippen LogP contribution is -2.45. The number of rotatable bonds is 7. The summed E-state index contributed by atoms with van der Waals surface area (Å²) in [5, 5.41) is 19.9. The number of anilines is 1. The van der Waals surface area contributed by atoms with Gasteiger partial charge >= 0.3 is 6.18 Å². The van der Waals surface area contributed by atoms with E-state index in [0.29, 0.717) is 44.6 Å². The predicted octanol–water partition coefficient (Wildman–Crippen LogP) is 4.97. The highest BCUT2D eigenvalue weighted by Gasteiger charge is 2.36. The third-order valence-electron chi connectivity index (χ3n) is 6.85. The summed E-state index contributed by atoms with van der Waals surface area (Å²) in [6, 6.07) is 13.5. The molecule has 4 rings (SSSR count). The first kappa shape index (κ1) is 24.4. The Bertz CT molecular complexity index is 1000. The van der Waals surface area contributed by atoms with Crippen LogP contribution in [0.5, 0.6) is 5.75 Å². The molecule has 1 N–H and O–H groups in total. The first-order chi connectivity index (χ1) is 16.3. The molecule has 2 saturated heterocycles. The van der Waals surface area contributed by atoms with Crippen LogP contribution in [-0.2, 0) is 12.7 Å². The molecule has 0 atom stereocenters. The standard InChI is InChI=1S/C26H30F3N3O2/c27-26(28,29)24-17-22(6-5-21(24)18-30)32-14-9-25(33,10-15-32)11-16-34-23-7-3-20(4-8-23)19-31-12-1-2-13-31/h3-8,17,33H,1-2,9-16,19H2. The molecule has 0 amide bonds. The second kappa shape index (κ2) is 10.2. The van der Waals surface area contributed by atoms with E-state index >= 15 is 0 Å². The van der Waals surface area contributed by atoms with Crippen molar-refractivity contribution < 1.29 is 23.0 Å². The molecule has 0 radical (unpaired) electrons. The Labute approximate surface area is 198 Å². The van der Waals surface area contributed by atoms with Gasteiger partial charge in [-0.1, -0.05) is 12.1 Å². The molecule has 182 valence electrons. The Hall–Kier alpha value is -2.76. The molecule has 2 aliphatic rings. The molecule has 5 nitrogen and oxygen atoms in total. The van der Waals surface area contributed by atoms with Crippen molar-refractivity contribution >= 4 is 5.69 Å². The number of halogens is 3. The summed E-state index contributed by atoms with van der Waals surface area (Å²) in [4.78, 5) is 4.27. The lowest BCUT2D eigenvalue weighted by Gasteiger charge is -2.39. The maximum atomic E-state index is 13.3. The third kappa shape index (κ3) is 6.02. The number of nitrogens with zero attached hydrogens (tertiary/aromatic N) is 3. The number of hydrogen-bond donors (Lipinski definition) is 1. The Kier molecular flexibility index (Phi) is 7.34. The average molecular weight is 474 g/mol. The molecule has 0 saturated carbocycles. The molecule has 34 heavy (non-hydrogen) atoms. The number of likely N-dealkylation sites (tertiary alicyclic amines) is 1. The van der Waals surface area contributed by atoms with Gasteiger partial charge in [0.15, 0.2) is 0 Å². The molecule has 8 heteroatoms. The Morgan fingerprint density at radius 2 is 1.68 bits per heavy atom. The van der Waals surface area contributed by atoms with Crippen LogP contribution >= 0.6 is 0 Å². The van der Waals surface area contributed by atoms with Crippen molar-refractivity contribution in [2.75, 3.05) is 37.7 Å². The number of benzene rings is 2. The third-order valence-corrected chi connectivity index (χ3v) is 6.85. The fraction of sp³-hybridized carbons (Fsp3) is 0.500. The van der Waals surface area contributed by atoms with Crippen molar-refractivity contribution in [3.05, 3.63) is 59.2 Å². The van der Waals surface area contributed by atoms with E-state index in [0.717, 1.165) is 31.5 Å². The Morgan fingerprint density at radius 1 is 1.00 bits per heavy atom. The Morgan fingerprint density at radius 3 is 2.29 bits per heavy atom. The number of hydrogen-bond acceptors (Lipinski definition) is 5. The van der Waals surface area contributed by atoms with Crippen LogP contribution in [0.15, 0.2) is 42.5 Å². The van der Waals surface area contributed by atoms with Gasteiger partial charge in [0.2, 0.25) is 0 Å². The van der Waals surface area contributed by atoms with E-state index in [-0.39, 0.29) is 5.56 Å². The molecule has 2 fully saturated rings. The van der Waals surface area contributed by atoms with E-state index in [9.17, 15) is 18.3 Å². The van der Waals surface area contributed by atoms with Gasteiger partial charge in [-0.2, -0.15) is 18.4 Å². The minimum absolute atomic E-state index is 0.372. The van der Waals surface area contributed by atoms with Crippen LogP contribution in [0.1, 0.15) is 48.8 Å². The van der Waals surface area contributed by atoms with Crippen molar-refractivity contribution in [3.63, 3.8) is 0 Å². The van der Waals surface area contributed by atoms with Crippen molar-refractivity contribution in [3.8, 4) is 11.8 Å². The highest BCUT2D eigenvalue weighted by atomic mass is 19.4. The number of ether oxygens (including phenoxy) is 1. The molecular formula is C26H30F3N3O2. The summed E-state index contributed by atoms with van der Waals surface area (Å²) in [5.74, 6) is 0.767. The van der Waals surface area contributed by atoms with E-state index in [4.69, 9.17) is 10.00 Å². The highest BCUT2D eigenvalue weighted by molar-refractivity contribution is 5.55. The SMILES string of the molecule is N#Cc1ccc(N2CCC(O)(CCOc3ccc(CN4CCCC4)cc3)CC2)cc1C(F)(F)F. The molecule has 0 unspecified atom stereocenters. The van der Waals surface area contributed by atoms with Gasteiger partial charge in [0.25, 0.3) is 0 Å². The zero-order valence-electron chi connectivity index (χ0n) is 19.2. The maximum Gasteiger partial charge on any atom is 0.417 e. The topological polar surface area (TPSA) is 59.7 Å². The smallest absolute Gasteiger partial charge is 0.417 e. The minimum Gasteiger partial charge on any atom is -0.493 e. The molecule has 0 spiro atoms. The number of piperidine rings is 1. The highest BCUT2D eigenvalue weighted by Crippen LogP contribution is 2.36. The summed E-state index contributed by atoms with van der Waals surface area (Å²) < 4.78 is 45.7. The van der Waals surface area contributed by atoms with Gasteiger partial charge in [0.05, 0.1) is 29.4 Å². The van der Waals surface area contributed by atoms with Gasteiger partial charge in [0.1, 0.15) is 5.75 Å². The molecule has 2 aliphatic heterocycles. The van der Waals surface area contributed by atoms with Crippen LogP contribution < -0.4 is 9.64 Å². The van der Waals surface area contributed by atoms with Crippen LogP contribution in [-0.4, -0.2) is 48.4 Å². The molecule has 0 bridgehead atoms. The van der Waals surface area contributed by atoms with Gasteiger partial charge in [-0.3, -0.25) is 4.90 Å². The van der Waals surface area contributed by atoms with Gasteiger partial charge < -0.3 is 14.7 Å². The van der Waals surface area contributed by atoms with E-state index in [2.05, 4.69) is 17.0 Å². The van der Waals surface area contributed by atoms with Gasteiger partial charge in [0, 0.05) is 31.7 Å². The van der Waals surface area contributed by atoms with Gasteiger partial charge in [-0.15, -0.1) is 0 Å². The number of nitriles is 1. The first-order valence-electron chi connectivity index (χ1n) is 11.8. The molecule has 2 heterocycles. The maximum absolute atomic E-state index is 13.3. The van der Waals surface area contributed by atoms with Crippen LogP contribution in [0, 0.1) is 11.3 Å². The zero-order valence-corrected chi connectivity index (χ0v) is 19.2. The average Bonchev–Trinajstić information content (AvgIpc) is 3.33. The summed E-state index contributed by atoms with van der Waals surface area (Å²) in [7, 11) is 0. The monoisotopic (exact) mass is 473 g/mol. The number of alkyl halides is 3. The van der Waals surface area contributed by atoms with Gasteiger partial charge in [-0.25, -0.2) is 0 Å². The predicted molar refractivity (Wildman–Crippen MR) is 124 cm³/mol. The molecule has 0 aromatic heterocycles. The van der Waals surface area contributed by atoms with E-state index < -0.39 is 17.3 Å². The van der Waals surface area contributed by atoms with Crippen molar-refractivity contribution in [1.29, 1.82) is 5.26 Å². The lowest BCUT2D eigenvalue weighted by molar-refractivity contribution is -0.137. The lowest BCUT2D eigenvalue weighted by atomic mass is 9.88. The van der Waals surface area contributed by atoms with Crippen LogP contribution in [0.2, 0.25) is 0 Å². The zero-order chi connectivity index (χ0) is 24.2. The quantitative estimate of drug-likeness (QED) is 0.615. The van der Waals surface area contributed by atoms with Crippen LogP contribution in [0.3, 0.4) is 0 Å². The summed E-state index contributed by atoms with van der Waals surface area (Å²) in [6.45, 7) is 4.51. The number of aliphatic hydroxyl groups is 1. The summed E-state index contributed by atoms with van der Waals surface area (Å²) >= 11 is 0. The fourth-order valence-electron chi connectivity index (χ4n) is 4.74. The normalized spacial score (nSPS) is 18.6. The molecule has 2 aromatic rings. The summed E-state index contributed by atoms with van der Waals surface area (Å²) in [6.07, 6.45) is -0.717. The second-order valence-corrected chi connectivity index (χ2v) is 9.28. The van der Waals surface area contributed by atoms with Crippen molar-refractivity contribution in [2.24, 2.45) is 0 Å². The minimum atomic E-state index is -4.58. The second-order valence-electron chi connectivity index (χ2n) is 9.28. The largest absolute Gasteiger partial charge is 0.493 e. The fourth-order valence-corrected chi connectivity index (χ4v) is 4.74. The molecular weight excluding hydrogens is 443 g/mol.